The number of rotatable bonds is 24. The van der Waals surface area contributed by atoms with Crippen LogP contribution in [0.3, 0.4) is 0 Å². The number of nitrogens with one attached hydrogen (secondary N) is 2. The van der Waals surface area contributed by atoms with E-state index in [0.29, 0.717) is 50.5 Å². The Balaban J connectivity index is 2.76. The van der Waals surface area contributed by atoms with Gasteiger partial charge in [0.2, 0.25) is 0 Å². The molecule has 4 N–H and O–H groups in total. The summed E-state index contributed by atoms with van der Waals surface area (Å²) in [5.41, 5.74) is -1.51. The van der Waals surface area contributed by atoms with Crippen LogP contribution in [-0.4, -0.2) is 95.2 Å². The van der Waals surface area contributed by atoms with Crippen molar-refractivity contribution in [2.75, 3.05) is 32.7 Å². The van der Waals surface area contributed by atoms with Gasteiger partial charge in [0, 0.05) is 26.1 Å². The van der Waals surface area contributed by atoms with E-state index < -0.39 is 17.8 Å². The highest BCUT2D eigenvalue weighted by atomic mass is 32.1. The number of thiocarbonyl (C=S) groups is 1. The first kappa shape index (κ1) is 44.5. The number of esters is 1. The fourth-order valence-electron chi connectivity index (χ4n) is 6.62. The second kappa shape index (κ2) is 23.8. The fourth-order valence-corrected chi connectivity index (χ4v) is 6.90. The summed E-state index contributed by atoms with van der Waals surface area (Å²) in [4.78, 5) is 15.2. The Hall–Kier alpha value is -1.55. The minimum absolute atomic E-state index is 0.0810. The van der Waals surface area contributed by atoms with E-state index in [4.69, 9.17) is 31.7 Å². The Morgan fingerprint density at radius 2 is 1.83 bits per heavy atom. The third-order valence-corrected chi connectivity index (χ3v) is 10.1. The molecular formula is C37H70N4O6S. The molecule has 10 atom stereocenters. The molecule has 0 spiro atoms. The maximum atomic E-state index is 13.1. The van der Waals surface area contributed by atoms with E-state index in [2.05, 4.69) is 56.2 Å². The molecule has 48 heavy (non-hydrogen) atoms. The van der Waals surface area contributed by atoms with Crippen molar-refractivity contribution < 1.29 is 29.2 Å². The lowest BCUT2D eigenvalue weighted by molar-refractivity contribution is -0.229. The number of carbonyl (C=O) groups is 1. The summed E-state index contributed by atoms with van der Waals surface area (Å²) in [5, 5.41) is 37.9. The first-order valence-corrected chi connectivity index (χ1v) is 19.1. The summed E-state index contributed by atoms with van der Waals surface area (Å²) in [5.74, 6) is 0.441. The quantitative estimate of drug-likeness (QED) is 0.0542. The zero-order valence-corrected chi connectivity index (χ0v) is 32.4. The van der Waals surface area contributed by atoms with Crippen molar-refractivity contribution in [2.24, 2.45) is 23.7 Å². The van der Waals surface area contributed by atoms with Gasteiger partial charge >= 0.3 is 5.97 Å². The van der Waals surface area contributed by atoms with Crippen LogP contribution in [-0.2, 0) is 19.0 Å². The SMILES string of the molecule is CCCNC(=S)N(CCC#N)CCCNC[C@H](C)C[C@H](C)[C@@H](CCC(C)C(=O)O[C@H](CC)[C@@](C)(O)C(O)CC)OC1CC(C)CC(C)O1. The van der Waals surface area contributed by atoms with Crippen LogP contribution < -0.4 is 10.6 Å². The Bertz CT molecular complexity index is 939. The molecule has 1 heterocycles. The summed E-state index contributed by atoms with van der Waals surface area (Å²) >= 11 is 5.54. The largest absolute Gasteiger partial charge is 0.459 e. The Morgan fingerprint density at radius 3 is 2.44 bits per heavy atom. The average Bonchev–Trinajstić information content (AvgIpc) is 3.03. The highest BCUT2D eigenvalue weighted by Gasteiger charge is 2.40. The first-order chi connectivity index (χ1) is 22.7. The lowest BCUT2D eigenvalue weighted by atomic mass is 9.88. The van der Waals surface area contributed by atoms with Crippen LogP contribution in [0.5, 0.6) is 0 Å². The maximum Gasteiger partial charge on any atom is 0.309 e. The van der Waals surface area contributed by atoms with Crippen LogP contribution in [0.15, 0.2) is 0 Å². The van der Waals surface area contributed by atoms with Gasteiger partial charge in [0.25, 0.3) is 0 Å². The van der Waals surface area contributed by atoms with Gasteiger partial charge in [-0.1, -0.05) is 48.5 Å². The van der Waals surface area contributed by atoms with Gasteiger partial charge in [-0.25, -0.2) is 0 Å². The molecule has 0 aromatic carbocycles. The second-order valence-corrected chi connectivity index (χ2v) is 15.0. The molecule has 0 saturated carbocycles. The van der Waals surface area contributed by atoms with Gasteiger partial charge in [0.1, 0.15) is 11.7 Å². The van der Waals surface area contributed by atoms with Crippen LogP contribution in [0, 0.1) is 35.0 Å². The molecule has 10 nitrogen and oxygen atoms in total. The number of ether oxygens (including phenoxy) is 3. The van der Waals surface area contributed by atoms with E-state index in [0.717, 1.165) is 63.4 Å². The number of aliphatic hydroxyl groups is 2. The first-order valence-electron chi connectivity index (χ1n) is 18.7. The van der Waals surface area contributed by atoms with Crippen LogP contribution in [0.2, 0.25) is 0 Å². The average molecular weight is 699 g/mol. The zero-order valence-electron chi connectivity index (χ0n) is 31.6. The minimum Gasteiger partial charge on any atom is -0.459 e. The maximum absolute atomic E-state index is 13.1. The van der Waals surface area contributed by atoms with Crippen molar-refractivity contribution in [3.05, 3.63) is 0 Å². The Morgan fingerprint density at radius 1 is 1.12 bits per heavy atom. The lowest BCUT2D eigenvalue weighted by Gasteiger charge is -2.37. The highest BCUT2D eigenvalue weighted by Crippen LogP contribution is 2.31. The summed E-state index contributed by atoms with van der Waals surface area (Å²) < 4.78 is 18.6. The van der Waals surface area contributed by atoms with Gasteiger partial charge < -0.3 is 40.0 Å². The fraction of sp³-hybridized carbons (Fsp3) is 0.919. The van der Waals surface area contributed by atoms with E-state index in [1.807, 2.05) is 13.8 Å². The van der Waals surface area contributed by atoms with Crippen molar-refractivity contribution in [2.45, 2.75) is 163 Å². The number of nitrogens with zero attached hydrogens (tertiary/aromatic N) is 2. The molecule has 0 bridgehead atoms. The number of nitriles is 1. The number of carbonyl (C=O) groups excluding carboxylic acids is 1. The molecular weight excluding hydrogens is 628 g/mol. The lowest BCUT2D eigenvalue weighted by Crippen LogP contribution is -2.51. The zero-order chi connectivity index (χ0) is 36.3. The minimum atomic E-state index is -1.51. The van der Waals surface area contributed by atoms with Gasteiger partial charge in [-0.3, -0.25) is 4.79 Å². The predicted octanol–water partition coefficient (Wildman–Crippen LogP) is 5.93. The monoisotopic (exact) mass is 699 g/mol. The van der Waals surface area contributed by atoms with Gasteiger partial charge in [-0.2, -0.15) is 5.26 Å². The highest BCUT2D eigenvalue weighted by molar-refractivity contribution is 7.80. The summed E-state index contributed by atoms with van der Waals surface area (Å²) in [6.45, 7) is 22.0. The van der Waals surface area contributed by atoms with Crippen LogP contribution in [0.25, 0.3) is 0 Å². The topological polar surface area (TPSA) is 136 Å². The van der Waals surface area contributed by atoms with Gasteiger partial charge in [0.15, 0.2) is 11.4 Å². The van der Waals surface area contributed by atoms with Gasteiger partial charge in [0.05, 0.1) is 36.7 Å². The smallest absolute Gasteiger partial charge is 0.309 e. The third kappa shape index (κ3) is 16.4. The normalized spacial score (nSPS) is 23.1. The summed E-state index contributed by atoms with van der Waals surface area (Å²) in [6.07, 6.45) is 5.34. The number of hydrogen-bond acceptors (Lipinski definition) is 9. The molecule has 280 valence electrons. The Labute approximate surface area is 298 Å². The molecule has 1 saturated heterocycles. The van der Waals surface area contributed by atoms with Crippen LogP contribution >= 0.6 is 12.2 Å². The molecule has 11 heteroatoms. The van der Waals surface area contributed by atoms with E-state index in [1.54, 1.807) is 6.92 Å². The van der Waals surface area contributed by atoms with Crippen molar-refractivity contribution in [1.82, 2.24) is 15.5 Å². The Kier molecular flexibility index (Phi) is 22.0. The standard InChI is InChI=1S/C37H70N4O6S/c1-10-18-40-36(48)41(20-13-17-38)21-14-19-39-25-27(5)22-29(7)31(46-34-24-26(4)23-30(8)45-34)16-15-28(6)35(43)47-33(12-3)37(9,44)32(42)11-2/h26-34,39,42,44H,10-16,18-25H2,1-9H3,(H,40,48)/t26?,27-,28?,29+,30?,31-,32?,33-,34?,37+/m1/s1. The molecule has 0 radical (unpaired) electrons. The molecule has 1 aliphatic heterocycles. The molecule has 1 rings (SSSR count). The van der Waals surface area contributed by atoms with E-state index >= 15 is 0 Å². The summed E-state index contributed by atoms with van der Waals surface area (Å²) in [7, 11) is 0. The molecule has 0 aromatic heterocycles. The summed E-state index contributed by atoms with van der Waals surface area (Å²) in [6, 6.07) is 2.22. The van der Waals surface area contributed by atoms with E-state index in [9.17, 15) is 15.0 Å². The van der Waals surface area contributed by atoms with E-state index in [-0.39, 0.29) is 36.3 Å². The van der Waals surface area contributed by atoms with Gasteiger partial charge in [-0.05, 0) is 108 Å². The number of aliphatic hydroxyl groups excluding tert-OH is 1. The van der Waals surface area contributed by atoms with Gasteiger partial charge in [-0.15, -0.1) is 0 Å². The van der Waals surface area contributed by atoms with Crippen molar-refractivity contribution in [1.29, 1.82) is 5.26 Å². The molecule has 0 amide bonds. The molecule has 1 aliphatic rings. The van der Waals surface area contributed by atoms with Crippen molar-refractivity contribution in [3.63, 3.8) is 0 Å². The predicted molar refractivity (Wildman–Crippen MR) is 196 cm³/mol. The van der Waals surface area contributed by atoms with E-state index in [1.165, 1.54) is 6.92 Å². The van der Waals surface area contributed by atoms with Crippen LogP contribution in [0.1, 0.15) is 127 Å². The molecule has 1 fully saturated rings. The molecule has 5 unspecified atom stereocenters. The van der Waals surface area contributed by atoms with Crippen molar-refractivity contribution >= 4 is 23.3 Å². The second-order valence-electron chi connectivity index (χ2n) is 14.6. The van der Waals surface area contributed by atoms with Crippen molar-refractivity contribution in [3.8, 4) is 6.07 Å². The van der Waals surface area contributed by atoms with Crippen LogP contribution in [0.4, 0.5) is 0 Å². The number of hydrogen-bond donors (Lipinski definition) is 4. The third-order valence-electron chi connectivity index (χ3n) is 9.66. The molecule has 0 aromatic rings. The molecule has 0 aliphatic carbocycles.